The Morgan fingerprint density at radius 1 is 1.64 bits per heavy atom. The number of hydrogen-bond donors (Lipinski definition) is 1. The summed E-state index contributed by atoms with van der Waals surface area (Å²) >= 11 is 0. The van der Waals surface area contributed by atoms with Gasteiger partial charge in [-0.15, -0.1) is 0 Å². The summed E-state index contributed by atoms with van der Waals surface area (Å²) in [5.41, 5.74) is 5.70. The molecule has 2 N–H and O–H groups in total. The minimum atomic E-state index is -0.513. The summed E-state index contributed by atoms with van der Waals surface area (Å²) in [6, 6.07) is -0.513. The first kappa shape index (κ1) is 11.2. The summed E-state index contributed by atoms with van der Waals surface area (Å²) in [4.78, 5) is 13.2. The van der Waals surface area contributed by atoms with Gasteiger partial charge in [-0.2, -0.15) is 0 Å². The first-order valence-electron chi connectivity index (χ1n) is 4.91. The lowest BCUT2D eigenvalue weighted by Gasteiger charge is -2.28. The van der Waals surface area contributed by atoms with Crippen molar-refractivity contribution in [1.82, 2.24) is 4.90 Å². The van der Waals surface area contributed by atoms with E-state index in [0.717, 1.165) is 0 Å². The van der Waals surface area contributed by atoms with Crippen LogP contribution in [0.3, 0.4) is 0 Å². The zero-order chi connectivity index (χ0) is 10.7. The minimum absolute atomic E-state index is 0.0826. The van der Waals surface area contributed by atoms with Crippen molar-refractivity contribution >= 4 is 5.91 Å². The Bertz CT molecular complexity index is 251. The Labute approximate surface area is 83.8 Å². The number of carbonyl (C=O) groups excluding carboxylic acids is 1. The summed E-state index contributed by atoms with van der Waals surface area (Å²) in [6.45, 7) is 4.43. The molecule has 0 bridgehead atoms. The summed E-state index contributed by atoms with van der Waals surface area (Å²) < 4.78 is 12.9. The van der Waals surface area contributed by atoms with Crippen molar-refractivity contribution in [3.63, 3.8) is 0 Å². The molecule has 1 atom stereocenters. The SMILES string of the molecule is CC(C)[C@@H](N)C(=O)N1CCC=C(F)C1. The number of nitrogens with two attached hydrogens (primary N) is 1. The highest BCUT2D eigenvalue weighted by atomic mass is 19.1. The molecule has 0 spiro atoms. The van der Waals surface area contributed by atoms with Gasteiger partial charge in [0.05, 0.1) is 12.6 Å². The van der Waals surface area contributed by atoms with Gasteiger partial charge in [0.15, 0.2) is 0 Å². The Balaban J connectivity index is 2.57. The Kier molecular flexibility index (Phi) is 3.63. The monoisotopic (exact) mass is 200 g/mol. The van der Waals surface area contributed by atoms with Gasteiger partial charge in [0.25, 0.3) is 0 Å². The standard InChI is InChI=1S/C10H17FN2O/c1-7(2)9(12)10(14)13-5-3-4-8(11)6-13/h4,7,9H,3,5-6,12H2,1-2H3/t9-/m1/s1. The van der Waals surface area contributed by atoms with Gasteiger partial charge in [-0.05, 0) is 18.4 Å². The molecule has 14 heavy (non-hydrogen) atoms. The Hall–Kier alpha value is -0.900. The Morgan fingerprint density at radius 3 is 2.79 bits per heavy atom. The molecule has 0 unspecified atom stereocenters. The maximum Gasteiger partial charge on any atom is 0.240 e. The smallest absolute Gasteiger partial charge is 0.240 e. The van der Waals surface area contributed by atoms with Crippen LogP contribution in [-0.2, 0) is 4.79 Å². The lowest BCUT2D eigenvalue weighted by molar-refractivity contribution is -0.133. The molecule has 80 valence electrons. The molecule has 1 heterocycles. The number of halogens is 1. The van der Waals surface area contributed by atoms with Crippen LogP contribution in [0.15, 0.2) is 11.9 Å². The van der Waals surface area contributed by atoms with Crippen molar-refractivity contribution in [2.45, 2.75) is 26.3 Å². The van der Waals surface area contributed by atoms with Gasteiger partial charge in [0, 0.05) is 6.54 Å². The van der Waals surface area contributed by atoms with E-state index < -0.39 is 6.04 Å². The largest absolute Gasteiger partial charge is 0.334 e. The van der Waals surface area contributed by atoms with E-state index in [2.05, 4.69) is 0 Å². The van der Waals surface area contributed by atoms with Crippen molar-refractivity contribution in [3.05, 3.63) is 11.9 Å². The van der Waals surface area contributed by atoms with Crippen molar-refractivity contribution in [1.29, 1.82) is 0 Å². The molecule has 3 nitrogen and oxygen atoms in total. The molecule has 0 aromatic heterocycles. The first-order chi connectivity index (χ1) is 6.52. The molecule has 0 aliphatic carbocycles. The first-order valence-corrected chi connectivity index (χ1v) is 4.91. The van der Waals surface area contributed by atoms with E-state index >= 15 is 0 Å². The lowest BCUT2D eigenvalue weighted by atomic mass is 10.0. The molecule has 1 aliphatic rings. The normalized spacial score (nSPS) is 19.5. The van der Waals surface area contributed by atoms with Crippen LogP contribution in [0.4, 0.5) is 4.39 Å². The summed E-state index contributed by atoms with van der Waals surface area (Å²) in [6.07, 6.45) is 2.10. The van der Waals surface area contributed by atoms with E-state index in [1.54, 1.807) is 0 Å². The third-order valence-electron chi connectivity index (χ3n) is 2.42. The van der Waals surface area contributed by atoms with Crippen LogP contribution < -0.4 is 5.73 Å². The van der Waals surface area contributed by atoms with E-state index in [-0.39, 0.29) is 24.2 Å². The third kappa shape index (κ3) is 2.54. The average Bonchev–Trinajstić information content (AvgIpc) is 2.15. The topological polar surface area (TPSA) is 46.3 Å². The van der Waals surface area contributed by atoms with Crippen LogP contribution in [-0.4, -0.2) is 29.9 Å². The van der Waals surface area contributed by atoms with Gasteiger partial charge in [-0.25, -0.2) is 4.39 Å². The number of rotatable bonds is 2. The average molecular weight is 200 g/mol. The number of hydrogen-bond acceptors (Lipinski definition) is 2. The minimum Gasteiger partial charge on any atom is -0.334 e. The molecule has 1 amide bonds. The van der Waals surface area contributed by atoms with Crippen molar-refractivity contribution in [2.24, 2.45) is 11.7 Å². The van der Waals surface area contributed by atoms with Crippen LogP contribution in [0.1, 0.15) is 20.3 Å². The van der Waals surface area contributed by atoms with Crippen molar-refractivity contribution in [3.8, 4) is 0 Å². The predicted molar refractivity (Wildman–Crippen MR) is 53.2 cm³/mol. The van der Waals surface area contributed by atoms with E-state index in [0.29, 0.717) is 13.0 Å². The fraction of sp³-hybridized carbons (Fsp3) is 0.700. The van der Waals surface area contributed by atoms with Crippen molar-refractivity contribution in [2.75, 3.05) is 13.1 Å². The molecule has 0 fully saturated rings. The molecule has 0 saturated heterocycles. The summed E-state index contributed by atoms with van der Waals surface area (Å²) in [5.74, 6) is -0.291. The zero-order valence-corrected chi connectivity index (χ0v) is 8.66. The second-order valence-corrected chi connectivity index (χ2v) is 3.97. The van der Waals surface area contributed by atoms with E-state index in [1.807, 2.05) is 13.8 Å². The number of amides is 1. The number of nitrogens with zero attached hydrogens (tertiary/aromatic N) is 1. The molecule has 0 saturated carbocycles. The van der Waals surface area contributed by atoms with E-state index in [1.165, 1.54) is 11.0 Å². The zero-order valence-electron chi connectivity index (χ0n) is 8.66. The second-order valence-electron chi connectivity index (χ2n) is 3.97. The van der Waals surface area contributed by atoms with Crippen LogP contribution in [0, 0.1) is 5.92 Å². The van der Waals surface area contributed by atoms with Gasteiger partial charge in [0.2, 0.25) is 5.91 Å². The molecule has 1 rings (SSSR count). The highest BCUT2D eigenvalue weighted by molar-refractivity contribution is 5.82. The maximum atomic E-state index is 12.9. The summed E-state index contributed by atoms with van der Waals surface area (Å²) in [5, 5.41) is 0. The third-order valence-corrected chi connectivity index (χ3v) is 2.42. The maximum absolute atomic E-state index is 12.9. The van der Waals surface area contributed by atoms with Crippen LogP contribution in [0.25, 0.3) is 0 Å². The molecule has 0 radical (unpaired) electrons. The summed E-state index contributed by atoms with van der Waals surface area (Å²) in [7, 11) is 0. The molecule has 1 aliphatic heterocycles. The molecule has 0 aromatic carbocycles. The quantitative estimate of drug-likeness (QED) is 0.724. The van der Waals surface area contributed by atoms with Gasteiger partial charge in [-0.1, -0.05) is 13.8 Å². The van der Waals surface area contributed by atoms with Crippen LogP contribution in [0.2, 0.25) is 0 Å². The Morgan fingerprint density at radius 2 is 2.29 bits per heavy atom. The van der Waals surface area contributed by atoms with Crippen LogP contribution >= 0.6 is 0 Å². The second kappa shape index (κ2) is 4.55. The van der Waals surface area contributed by atoms with Gasteiger partial charge in [0.1, 0.15) is 5.83 Å². The van der Waals surface area contributed by atoms with Crippen LogP contribution in [0.5, 0.6) is 0 Å². The van der Waals surface area contributed by atoms with E-state index in [4.69, 9.17) is 5.73 Å². The number of carbonyl (C=O) groups is 1. The molecule has 0 aromatic rings. The molecular weight excluding hydrogens is 183 g/mol. The van der Waals surface area contributed by atoms with E-state index in [9.17, 15) is 9.18 Å². The van der Waals surface area contributed by atoms with Crippen molar-refractivity contribution < 1.29 is 9.18 Å². The van der Waals surface area contributed by atoms with Gasteiger partial charge < -0.3 is 10.6 Å². The lowest BCUT2D eigenvalue weighted by Crippen LogP contribution is -2.48. The molecular formula is C10H17FN2O. The predicted octanol–water partition coefficient (Wildman–Crippen LogP) is 1.06. The fourth-order valence-electron chi connectivity index (χ4n) is 1.39. The fourth-order valence-corrected chi connectivity index (χ4v) is 1.39. The van der Waals surface area contributed by atoms with Gasteiger partial charge >= 0.3 is 0 Å². The highest BCUT2D eigenvalue weighted by Crippen LogP contribution is 2.13. The highest BCUT2D eigenvalue weighted by Gasteiger charge is 2.25. The molecule has 4 heteroatoms. The van der Waals surface area contributed by atoms with Gasteiger partial charge in [-0.3, -0.25) is 4.79 Å².